The van der Waals surface area contributed by atoms with Gasteiger partial charge in [0.05, 0.1) is 0 Å². The summed E-state index contributed by atoms with van der Waals surface area (Å²) in [6.07, 6.45) is 0. The van der Waals surface area contributed by atoms with Crippen LogP contribution >= 0.6 is 69.6 Å². The van der Waals surface area contributed by atoms with Crippen molar-refractivity contribution >= 4 is 81.0 Å². The van der Waals surface area contributed by atoms with Crippen LogP contribution in [0.1, 0.15) is 11.1 Å². The van der Waals surface area contributed by atoms with Crippen molar-refractivity contribution in [1.82, 2.24) is 0 Å². The number of halogens is 6. The van der Waals surface area contributed by atoms with Crippen LogP contribution in [0, 0.1) is 0 Å². The molecule has 22 heavy (non-hydrogen) atoms. The number of hydrogen-bond donors (Lipinski definition) is 2. The highest BCUT2D eigenvalue weighted by Gasteiger charge is 2.31. The van der Waals surface area contributed by atoms with Crippen LogP contribution in [0.2, 0.25) is 0 Å². The summed E-state index contributed by atoms with van der Waals surface area (Å²) in [6.45, 7) is 0. The van der Waals surface area contributed by atoms with Gasteiger partial charge in [0.2, 0.25) is 7.59 Å². The van der Waals surface area contributed by atoms with Gasteiger partial charge in [0, 0.05) is 22.5 Å². The van der Waals surface area contributed by atoms with Crippen LogP contribution in [0.25, 0.3) is 11.1 Å². The van der Waals surface area contributed by atoms with Gasteiger partial charge in [-0.25, -0.2) is 0 Å². The van der Waals surface area contributed by atoms with Gasteiger partial charge >= 0.3 is 0 Å². The first kappa shape index (κ1) is 18.1. The van der Waals surface area contributed by atoms with Crippen molar-refractivity contribution in [3.8, 4) is 11.1 Å². The molecule has 0 heterocycles. The van der Waals surface area contributed by atoms with Crippen LogP contribution in [0.3, 0.4) is 0 Å². The molecule has 0 aliphatic carbocycles. The summed E-state index contributed by atoms with van der Waals surface area (Å²) in [4.78, 5) is 0. The van der Waals surface area contributed by atoms with Crippen LogP contribution in [0.15, 0.2) is 36.4 Å². The molecule has 0 aliphatic heterocycles. The molecular weight excluding hydrogens is 409 g/mol. The Bertz CT molecular complexity index is 642. The SMILES string of the molecule is Nc1ccc(C(Cl)(Cl)Cl)c(-c2cc(N)ccc2C(Cl)(Cl)Cl)c1. The Morgan fingerprint density at radius 3 is 1.18 bits per heavy atom. The molecule has 0 aromatic heterocycles. The topological polar surface area (TPSA) is 52.0 Å². The van der Waals surface area contributed by atoms with Crippen LogP contribution in [0.4, 0.5) is 11.4 Å². The van der Waals surface area contributed by atoms with Crippen molar-refractivity contribution in [2.45, 2.75) is 7.59 Å². The van der Waals surface area contributed by atoms with Crippen molar-refractivity contribution in [2.75, 3.05) is 11.5 Å². The number of nitrogen functional groups attached to an aromatic ring is 2. The molecule has 0 fully saturated rings. The minimum Gasteiger partial charge on any atom is -0.399 e. The highest BCUT2D eigenvalue weighted by atomic mass is 35.6. The second-order valence-corrected chi connectivity index (χ2v) is 9.17. The second kappa shape index (κ2) is 6.35. The van der Waals surface area contributed by atoms with Crippen molar-refractivity contribution in [3.05, 3.63) is 47.5 Å². The fraction of sp³-hybridized carbons (Fsp3) is 0.143. The molecule has 0 unspecified atom stereocenters. The summed E-state index contributed by atoms with van der Waals surface area (Å²) in [6, 6.07) is 9.77. The predicted octanol–water partition coefficient (Wildman–Crippen LogP) is 6.17. The predicted molar refractivity (Wildman–Crippen MR) is 99.2 cm³/mol. The van der Waals surface area contributed by atoms with Gasteiger partial charge in [-0.2, -0.15) is 0 Å². The highest BCUT2D eigenvalue weighted by Crippen LogP contribution is 2.48. The van der Waals surface area contributed by atoms with Crippen LogP contribution < -0.4 is 11.5 Å². The van der Waals surface area contributed by atoms with E-state index in [-0.39, 0.29) is 0 Å². The zero-order chi connectivity index (χ0) is 16.7. The molecule has 118 valence electrons. The fourth-order valence-electron chi connectivity index (χ4n) is 2.06. The Morgan fingerprint density at radius 1 is 0.591 bits per heavy atom. The fourth-order valence-corrected chi connectivity index (χ4v) is 3.05. The summed E-state index contributed by atoms with van der Waals surface area (Å²) in [5.74, 6) is 0. The number of benzene rings is 2. The summed E-state index contributed by atoms with van der Waals surface area (Å²) in [5.41, 5.74) is 14.5. The van der Waals surface area contributed by atoms with Gasteiger partial charge < -0.3 is 11.5 Å². The standard InChI is InChI=1S/C14H10Cl6N2/c15-13(16,17)11-3-1-7(21)5-9(11)10-6-8(22)2-4-12(10)14(18,19)20/h1-6H,21-22H2. The molecule has 2 aromatic rings. The van der Waals surface area contributed by atoms with E-state index in [9.17, 15) is 0 Å². The van der Waals surface area contributed by atoms with Crippen molar-refractivity contribution in [2.24, 2.45) is 0 Å². The third-order valence-electron chi connectivity index (χ3n) is 2.99. The summed E-state index contributed by atoms with van der Waals surface area (Å²) < 4.78 is -3.34. The first-order valence-corrected chi connectivity index (χ1v) is 8.21. The van der Waals surface area contributed by atoms with E-state index >= 15 is 0 Å². The first-order valence-electron chi connectivity index (χ1n) is 5.94. The molecule has 4 N–H and O–H groups in total. The van der Waals surface area contributed by atoms with E-state index in [1.807, 2.05) is 0 Å². The molecule has 0 radical (unpaired) electrons. The Balaban J connectivity index is 2.82. The molecule has 0 saturated carbocycles. The van der Waals surface area contributed by atoms with Gasteiger partial charge in [-0.15, -0.1) is 0 Å². The Hall–Kier alpha value is -0.220. The maximum atomic E-state index is 6.03. The first-order chi connectivity index (χ1) is 10.00. The minimum absolute atomic E-state index is 0.410. The summed E-state index contributed by atoms with van der Waals surface area (Å²) in [5, 5.41) is 0. The lowest BCUT2D eigenvalue weighted by Gasteiger charge is -2.22. The average molecular weight is 419 g/mol. The Morgan fingerprint density at radius 2 is 0.909 bits per heavy atom. The van der Waals surface area contributed by atoms with Gasteiger partial charge in [-0.1, -0.05) is 81.7 Å². The molecule has 0 spiro atoms. The number of anilines is 2. The van der Waals surface area contributed by atoms with Crippen LogP contribution in [0.5, 0.6) is 0 Å². The number of nitrogens with two attached hydrogens (primary N) is 2. The maximum Gasteiger partial charge on any atom is 0.216 e. The number of rotatable bonds is 1. The zero-order valence-electron chi connectivity index (χ0n) is 10.9. The lowest BCUT2D eigenvalue weighted by Crippen LogP contribution is -2.08. The quantitative estimate of drug-likeness (QED) is 0.429. The maximum absolute atomic E-state index is 6.03. The molecule has 2 aromatic carbocycles. The minimum atomic E-state index is -1.67. The molecule has 0 bridgehead atoms. The number of hydrogen-bond acceptors (Lipinski definition) is 2. The van der Waals surface area contributed by atoms with Gasteiger partial charge in [-0.3, -0.25) is 0 Å². The molecule has 2 rings (SSSR count). The monoisotopic (exact) mass is 416 g/mol. The van der Waals surface area contributed by atoms with Gasteiger partial charge in [0.15, 0.2) is 0 Å². The molecule has 0 amide bonds. The normalized spacial score (nSPS) is 12.5. The van der Waals surface area contributed by atoms with Crippen LogP contribution in [-0.4, -0.2) is 0 Å². The van der Waals surface area contributed by atoms with E-state index < -0.39 is 7.59 Å². The number of alkyl halides is 6. The Labute approximate surface area is 158 Å². The van der Waals surface area contributed by atoms with E-state index in [2.05, 4.69) is 0 Å². The van der Waals surface area contributed by atoms with E-state index in [1.165, 1.54) is 0 Å². The summed E-state index contributed by atoms with van der Waals surface area (Å²) in [7, 11) is 0. The van der Waals surface area contributed by atoms with Gasteiger partial charge in [0.25, 0.3) is 0 Å². The van der Waals surface area contributed by atoms with Crippen LogP contribution in [-0.2, 0) is 7.59 Å². The molecule has 2 nitrogen and oxygen atoms in total. The van der Waals surface area contributed by atoms with E-state index in [0.29, 0.717) is 33.6 Å². The summed E-state index contributed by atoms with van der Waals surface area (Å²) >= 11 is 36.2. The van der Waals surface area contributed by atoms with E-state index in [4.69, 9.17) is 81.1 Å². The van der Waals surface area contributed by atoms with Gasteiger partial charge in [0.1, 0.15) is 0 Å². The molecule has 0 aliphatic rings. The highest BCUT2D eigenvalue weighted by molar-refractivity contribution is 6.67. The van der Waals surface area contributed by atoms with Crippen molar-refractivity contribution in [1.29, 1.82) is 0 Å². The van der Waals surface area contributed by atoms with Gasteiger partial charge in [-0.05, 0) is 35.4 Å². The lowest BCUT2D eigenvalue weighted by atomic mass is 9.95. The molecule has 0 atom stereocenters. The van der Waals surface area contributed by atoms with Crippen molar-refractivity contribution < 1.29 is 0 Å². The zero-order valence-corrected chi connectivity index (χ0v) is 15.4. The van der Waals surface area contributed by atoms with E-state index in [0.717, 1.165) is 0 Å². The van der Waals surface area contributed by atoms with E-state index in [1.54, 1.807) is 36.4 Å². The molecule has 8 heteroatoms. The molecule has 0 saturated heterocycles. The van der Waals surface area contributed by atoms with Crippen molar-refractivity contribution in [3.63, 3.8) is 0 Å². The molecular formula is C14H10Cl6N2. The third-order valence-corrected chi connectivity index (χ3v) is 4.21. The second-order valence-electron chi connectivity index (χ2n) is 4.61. The lowest BCUT2D eigenvalue weighted by molar-refractivity contribution is 1.21. The third kappa shape index (κ3) is 4.00. The Kier molecular flexibility index (Phi) is 5.23. The smallest absolute Gasteiger partial charge is 0.216 e. The average Bonchev–Trinajstić information content (AvgIpc) is 2.35. The largest absolute Gasteiger partial charge is 0.399 e.